The first-order chi connectivity index (χ1) is 18.5. The van der Waals surface area contributed by atoms with Crippen molar-refractivity contribution in [2.75, 3.05) is 44.0 Å². The molecule has 38 heavy (non-hydrogen) atoms. The molecule has 2 heterocycles. The topological polar surface area (TPSA) is 79.8 Å². The molecule has 0 bridgehead atoms. The third-order valence-corrected chi connectivity index (χ3v) is 6.19. The quantitative estimate of drug-likeness (QED) is 0.331. The van der Waals surface area contributed by atoms with Gasteiger partial charge in [-0.2, -0.15) is 0 Å². The second kappa shape index (κ2) is 11.3. The lowest BCUT2D eigenvalue weighted by molar-refractivity contribution is -0.114. The molecule has 8 heteroatoms. The van der Waals surface area contributed by atoms with Crippen molar-refractivity contribution in [1.82, 2.24) is 14.9 Å². The fraction of sp³-hybridized carbons (Fsp3) is 0.233. The molecule has 0 atom stereocenters. The van der Waals surface area contributed by atoms with Crippen molar-refractivity contribution in [3.63, 3.8) is 0 Å². The number of ether oxygens (including phenoxy) is 2. The molecule has 0 unspecified atom stereocenters. The van der Waals surface area contributed by atoms with Crippen LogP contribution < -0.4 is 19.7 Å². The Hall–Kier alpha value is -4.43. The van der Waals surface area contributed by atoms with Crippen LogP contribution in [-0.2, 0) is 11.4 Å². The number of aromatic nitrogens is 2. The predicted molar refractivity (Wildman–Crippen MR) is 150 cm³/mol. The molecule has 0 spiro atoms. The SMILES string of the molecule is Cc1cccc(COc2ccc(Nc3ncnc4ccc5c(c34)OCCN5C(=O)/C=C/CN(C)C)cc2)c1. The van der Waals surface area contributed by atoms with E-state index in [9.17, 15) is 4.79 Å². The Labute approximate surface area is 222 Å². The zero-order valence-corrected chi connectivity index (χ0v) is 21.8. The average Bonchev–Trinajstić information content (AvgIpc) is 2.92. The summed E-state index contributed by atoms with van der Waals surface area (Å²) < 4.78 is 12.0. The summed E-state index contributed by atoms with van der Waals surface area (Å²) in [5, 5.41) is 4.12. The Morgan fingerprint density at radius 2 is 1.97 bits per heavy atom. The van der Waals surface area contributed by atoms with E-state index in [1.807, 2.05) is 67.5 Å². The van der Waals surface area contributed by atoms with Gasteiger partial charge in [0.2, 0.25) is 0 Å². The highest BCUT2D eigenvalue weighted by Gasteiger charge is 2.26. The lowest BCUT2D eigenvalue weighted by atomic mass is 10.1. The van der Waals surface area contributed by atoms with Crippen LogP contribution in [0.1, 0.15) is 11.1 Å². The summed E-state index contributed by atoms with van der Waals surface area (Å²) in [6.07, 6.45) is 5.00. The minimum atomic E-state index is -0.0802. The molecule has 1 amide bonds. The molecular formula is C30H31N5O3. The number of anilines is 3. The van der Waals surface area contributed by atoms with E-state index in [1.54, 1.807) is 11.0 Å². The maximum atomic E-state index is 13.0. The molecule has 4 aromatic rings. The Balaban J connectivity index is 1.36. The summed E-state index contributed by atoms with van der Waals surface area (Å²) in [5.74, 6) is 1.91. The van der Waals surface area contributed by atoms with Gasteiger partial charge >= 0.3 is 0 Å². The van der Waals surface area contributed by atoms with Gasteiger partial charge in [-0.05, 0) is 63.0 Å². The lowest BCUT2D eigenvalue weighted by Crippen LogP contribution is -2.37. The van der Waals surface area contributed by atoms with E-state index >= 15 is 0 Å². The number of aryl methyl sites for hydroxylation is 1. The van der Waals surface area contributed by atoms with E-state index in [-0.39, 0.29) is 5.91 Å². The number of nitrogens with zero attached hydrogens (tertiary/aromatic N) is 4. The summed E-state index contributed by atoms with van der Waals surface area (Å²) in [5.41, 5.74) is 4.63. The van der Waals surface area contributed by atoms with Crippen LogP contribution in [0.5, 0.6) is 11.5 Å². The summed E-state index contributed by atoms with van der Waals surface area (Å²) in [4.78, 5) is 25.6. The molecule has 5 rings (SSSR count). The molecular weight excluding hydrogens is 478 g/mol. The summed E-state index contributed by atoms with van der Waals surface area (Å²) in [6.45, 7) is 4.14. The predicted octanol–water partition coefficient (Wildman–Crippen LogP) is 5.10. The number of carbonyl (C=O) groups is 1. The molecule has 0 saturated carbocycles. The van der Waals surface area contributed by atoms with Crippen LogP contribution in [0.3, 0.4) is 0 Å². The number of likely N-dealkylation sites (N-methyl/N-ethyl adjacent to an activating group) is 1. The van der Waals surface area contributed by atoms with E-state index in [1.165, 1.54) is 11.9 Å². The molecule has 0 fully saturated rings. The lowest BCUT2D eigenvalue weighted by Gasteiger charge is -2.30. The first kappa shape index (κ1) is 25.2. The van der Waals surface area contributed by atoms with Crippen LogP contribution in [-0.4, -0.2) is 54.6 Å². The second-order valence-corrected chi connectivity index (χ2v) is 9.46. The number of hydrogen-bond acceptors (Lipinski definition) is 7. The van der Waals surface area contributed by atoms with Crippen LogP contribution in [0.25, 0.3) is 10.9 Å². The van der Waals surface area contributed by atoms with Gasteiger partial charge in [0.05, 0.1) is 23.1 Å². The standard InChI is InChI=1S/C30H31N5O3/c1-21-6-4-7-22(18-21)19-38-24-11-9-23(10-12-24)33-30-28-25(31-20-32-30)13-14-26-29(28)37-17-16-35(26)27(36)8-5-15-34(2)3/h4-14,18,20H,15-17,19H2,1-3H3,(H,31,32,33)/b8-5+. The Morgan fingerprint density at radius 3 is 2.76 bits per heavy atom. The minimum absolute atomic E-state index is 0.0802. The first-order valence-electron chi connectivity index (χ1n) is 12.6. The monoisotopic (exact) mass is 509 g/mol. The fourth-order valence-corrected chi connectivity index (χ4v) is 4.35. The molecule has 1 aliphatic rings. The van der Waals surface area contributed by atoms with E-state index < -0.39 is 0 Å². The van der Waals surface area contributed by atoms with Crippen molar-refractivity contribution >= 4 is 34.0 Å². The Kier molecular flexibility index (Phi) is 7.51. The maximum Gasteiger partial charge on any atom is 0.250 e. The number of hydrogen-bond donors (Lipinski definition) is 1. The number of fused-ring (bicyclic) bond motifs is 3. The van der Waals surface area contributed by atoms with Crippen molar-refractivity contribution < 1.29 is 14.3 Å². The van der Waals surface area contributed by atoms with Crippen molar-refractivity contribution in [1.29, 1.82) is 0 Å². The van der Waals surface area contributed by atoms with Gasteiger partial charge in [-0.1, -0.05) is 35.9 Å². The van der Waals surface area contributed by atoms with Crippen LogP contribution in [0.4, 0.5) is 17.2 Å². The molecule has 1 N–H and O–H groups in total. The molecule has 0 aliphatic carbocycles. The number of benzene rings is 3. The molecule has 0 radical (unpaired) electrons. The highest BCUT2D eigenvalue weighted by atomic mass is 16.5. The fourth-order valence-electron chi connectivity index (χ4n) is 4.35. The largest absolute Gasteiger partial charge is 0.489 e. The molecule has 3 aromatic carbocycles. The Bertz CT molecular complexity index is 1470. The first-order valence-corrected chi connectivity index (χ1v) is 12.6. The average molecular weight is 510 g/mol. The van der Waals surface area contributed by atoms with Crippen molar-refractivity contribution in [2.45, 2.75) is 13.5 Å². The summed E-state index contributed by atoms with van der Waals surface area (Å²) >= 11 is 0. The van der Waals surface area contributed by atoms with Gasteiger partial charge in [0.25, 0.3) is 5.91 Å². The van der Waals surface area contributed by atoms with Crippen LogP contribution >= 0.6 is 0 Å². The molecule has 0 saturated heterocycles. The molecule has 8 nitrogen and oxygen atoms in total. The van der Waals surface area contributed by atoms with Crippen molar-refractivity contribution in [3.05, 3.63) is 90.3 Å². The zero-order chi connectivity index (χ0) is 26.5. The van der Waals surface area contributed by atoms with Gasteiger partial charge < -0.3 is 24.6 Å². The van der Waals surface area contributed by atoms with E-state index in [0.717, 1.165) is 27.9 Å². The van der Waals surface area contributed by atoms with Crippen LogP contribution in [0.2, 0.25) is 0 Å². The smallest absolute Gasteiger partial charge is 0.250 e. The minimum Gasteiger partial charge on any atom is -0.489 e. The molecule has 194 valence electrons. The highest BCUT2D eigenvalue weighted by Crippen LogP contribution is 2.41. The number of carbonyl (C=O) groups excluding carboxylic acids is 1. The summed E-state index contributed by atoms with van der Waals surface area (Å²) in [7, 11) is 3.93. The van der Waals surface area contributed by atoms with Gasteiger partial charge in [-0.3, -0.25) is 4.79 Å². The zero-order valence-electron chi connectivity index (χ0n) is 21.8. The van der Waals surface area contributed by atoms with Crippen molar-refractivity contribution in [2.24, 2.45) is 0 Å². The highest BCUT2D eigenvalue weighted by molar-refractivity contribution is 6.07. The summed E-state index contributed by atoms with van der Waals surface area (Å²) in [6, 6.07) is 19.8. The Morgan fingerprint density at radius 1 is 1.13 bits per heavy atom. The second-order valence-electron chi connectivity index (χ2n) is 9.46. The van der Waals surface area contributed by atoms with E-state index in [2.05, 4.69) is 40.4 Å². The van der Waals surface area contributed by atoms with Crippen LogP contribution in [0.15, 0.2) is 79.1 Å². The van der Waals surface area contributed by atoms with Crippen LogP contribution in [0, 0.1) is 6.92 Å². The third kappa shape index (κ3) is 5.76. The number of nitrogens with one attached hydrogen (secondary N) is 1. The van der Waals surface area contributed by atoms with Gasteiger partial charge in [-0.25, -0.2) is 9.97 Å². The number of rotatable bonds is 8. The van der Waals surface area contributed by atoms with Crippen molar-refractivity contribution in [3.8, 4) is 11.5 Å². The maximum absolute atomic E-state index is 13.0. The van der Waals surface area contributed by atoms with Gasteiger partial charge in [0, 0.05) is 18.3 Å². The molecule has 1 aromatic heterocycles. The van der Waals surface area contributed by atoms with Gasteiger partial charge in [-0.15, -0.1) is 0 Å². The van der Waals surface area contributed by atoms with E-state index in [4.69, 9.17) is 9.47 Å². The molecule has 1 aliphatic heterocycles. The normalized spacial score (nSPS) is 13.0. The van der Waals surface area contributed by atoms with Gasteiger partial charge in [0.15, 0.2) is 5.75 Å². The number of amides is 1. The van der Waals surface area contributed by atoms with Gasteiger partial charge in [0.1, 0.15) is 31.1 Å². The van der Waals surface area contributed by atoms with E-state index in [0.29, 0.717) is 43.6 Å². The third-order valence-electron chi connectivity index (χ3n) is 6.19.